The molecule has 0 aliphatic heterocycles. The number of thioether (sulfide) groups is 2. The summed E-state index contributed by atoms with van der Waals surface area (Å²) in [4.78, 5) is 16.0. The fraction of sp³-hybridized carbons (Fsp3) is 0.364. The van der Waals surface area contributed by atoms with E-state index in [-0.39, 0.29) is 0 Å². The summed E-state index contributed by atoms with van der Waals surface area (Å²) >= 11 is 3.97. The largest absolute Gasteiger partial charge is 0.342 e. The van der Waals surface area contributed by atoms with Gasteiger partial charge in [-0.05, 0) is 24.3 Å². The zero-order valence-electron chi connectivity index (χ0n) is 16.5. The molecular formula is C22H27N5S2. The van der Waals surface area contributed by atoms with E-state index in [9.17, 15) is 0 Å². The molecule has 0 saturated carbocycles. The average Bonchev–Trinajstić information content (AvgIpc) is 3.35. The summed E-state index contributed by atoms with van der Waals surface area (Å²) in [5.41, 5.74) is 4.39. The minimum absolute atomic E-state index is 0.997. The first-order valence-electron chi connectivity index (χ1n) is 10.1. The lowest BCUT2D eigenvalue weighted by Crippen LogP contribution is -2.20. The highest BCUT2D eigenvalue weighted by atomic mass is 32.2. The first kappa shape index (κ1) is 20.3. The number of aryl methyl sites for hydroxylation is 2. The Balaban J connectivity index is 1.000. The Hall–Kier alpha value is -1.96. The third kappa shape index (κ3) is 6.01. The first-order chi connectivity index (χ1) is 14.4. The van der Waals surface area contributed by atoms with Gasteiger partial charge in [-0.2, -0.15) is 23.5 Å². The van der Waals surface area contributed by atoms with Gasteiger partial charge in [-0.3, -0.25) is 0 Å². The third-order valence-electron chi connectivity index (χ3n) is 4.69. The third-order valence-corrected chi connectivity index (χ3v) is 6.66. The van der Waals surface area contributed by atoms with Crippen LogP contribution in [0.5, 0.6) is 0 Å². The zero-order valence-corrected chi connectivity index (χ0v) is 18.1. The van der Waals surface area contributed by atoms with Crippen molar-refractivity contribution in [1.29, 1.82) is 0 Å². The van der Waals surface area contributed by atoms with Crippen molar-refractivity contribution >= 4 is 45.6 Å². The highest BCUT2D eigenvalue weighted by molar-refractivity contribution is 7.99. The van der Waals surface area contributed by atoms with Crippen LogP contribution in [0.1, 0.15) is 11.6 Å². The van der Waals surface area contributed by atoms with Crippen LogP contribution in [0.4, 0.5) is 0 Å². The maximum atomic E-state index is 4.63. The molecular weight excluding hydrogens is 398 g/mol. The summed E-state index contributed by atoms with van der Waals surface area (Å²) in [5.74, 6) is 6.68. The van der Waals surface area contributed by atoms with Crippen LogP contribution in [-0.2, 0) is 12.8 Å². The van der Waals surface area contributed by atoms with Crippen molar-refractivity contribution in [3.8, 4) is 0 Å². The van der Waals surface area contributed by atoms with E-state index in [1.807, 2.05) is 47.8 Å². The Kier molecular flexibility index (Phi) is 7.51. The molecule has 0 radical (unpaired) electrons. The summed E-state index contributed by atoms with van der Waals surface area (Å²) in [6.45, 7) is 2.13. The van der Waals surface area contributed by atoms with Gasteiger partial charge in [0, 0.05) is 48.9 Å². The van der Waals surface area contributed by atoms with Gasteiger partial charge in [0.15, 0.2) is 0 Å². The van der Waals surface area contributed by atoms with E-state index in [0.717, 1.165) is 82.7 Å². The minimum Gasteiger partial charge on any atom is -0.342 e. The highest BCUT2D eigenvalue weighted by Gasteiger charge is 2.03. The lowest BCUT2D eigenvalue weighted by Gasteiger charge is -2.04. The van der Waals surface area contributed by atoms with Crippen LogP contribution < -0.4 is 5.32 Å². The standard InChI is InChI=1S/C22H27N5S2/c1-2-6-18-17(5-1)24-21(25-18)9-13-28-15-11-23-12-16-29-14-10-22-26-19-7-3-4-8-20(19)27-22/h1-8,23H,9-16H2,(H,24,25)(H,26,27). The molecule has 2 aromatic carbocycles. The van der Waals surface area contributed by atoms with Crippen molar-refractivity contribution in [3.05, 3.63) is 60.2 Å². The van der Waals surface area contributed by atoms with Gasteiger partial charge in [-0.1, -0.05) is 24.3 Å². The number of benzene rings is 2. The molecule has 0 unspecified atom stereocenters. The van der Waals surface area contributed by atoms with Gasteiger partial charge < -0.3 is 15.3 Å². The summed E-state index contributed by atoms with van der Waals surface area (Å²) in [7, 11) is 0. The van der Waals surface area contributed by atoms with Crippen molar-refractivity contribution in [2.75, 3.05) is 36.1 Å². The van der Waals surface area contributed by atoms with Crippen molar-refractivity contribution < 1.29 is 0 Å². The molecule has 0 aliphatic carbocycles. The van der Waals surface area contributed by atoms with Crippen LogP contribution in [0.2, 0.25) is 0 Å². The molecule has 4 aromatic rings. The topological polar surface area (TPSA) is 69.4 Å². The van der Waals surface area contributed by atoms with Crippen molar-refractivity contribution in [2.45, 2.75) is 12.8 Å². The SMILES string of the molecule is c1ccc2[nH]c(CCSCCNCCSCCc3nc4ccccc4[nH]3)nc2c1. The van der Waals surface area contributed by atoms with Gasteiger partial charge in [0.2, 0.25) is 0 Å². The fourth-order valence-electron chi connectivity index (χ4n) is 3.20. The van der Waals surface area contributed by atoms with Crippen LogP contribution in [0, 0.1) is 0 Å². The molecule has 7 heteroatoms. The van der Waals surface area contributed by atoms with Crippen molar-refractivity contribution in [3.63, 3.8) is 0 Å². The molecule has 3 N–H and O–H groups in total. The number of rotatable bonds is 12. The number of aromatic nitrogens is 4. The summed E-state index contributed by atoms with van der Waals surface area (Å²) < 4.78 is 0. The molecule has 0 spiro atoms. The number of nitrogens with zero attached hydrogens (tertiary/aromatic N) is 2. The smallest absolute Gasteiger partial charge is 0.108 e. The minimum atomic E-state index is 0.997. The van der Waals surface area contributed by atoms with Gasteiger partial charge in [0.1, 0.15) is 11.6 Å². The number of hydrogen-bond donors (Lipinski definition) is 3. The second-order valence-corrected chi connectivity index (χ2v) is 9.33. The van der Waals surface area contributed by atoms with Gasteiger partial charge in [-0.25, -0.2) is 9.97 Å². The van der Waals surface area contributed by atoms with Gasteiger partial charge in [-0.15, -0.1) is 0 Å². The molecule has 0 aliphatic rings. The quantitative estimate of drug-likeness (QED) is 0.296. The molecule has 0 amide bonds. The summed E-state index contributed by atoms with van der Waals surface area (Å²) in [6.07, 6.45) is 1.99. The number of nitrogens with one attached hydrogen (secondary N) is 3. The predicted molar refractivity (Wildman–Crippen MR) is 127 cm³/mol. The van der Waals surface area contributed by atoms with E-state index in [2.05, 4.69) is 49.5 Å². The number of imidazole rings is 2. The number of para-hydroxylation sites is 4. The molecule has 29 heavy (non-hydrogen) atoms. The highest BCUT2D eigenvalue weighted by Crippen LogP contribution is 2.13. The molecule has 0 fully saturated rings. The number of fused-ring (bicyclic) bond motifs is 2. The lowest BCUT2D eigenvalue weighted by molar-refractivity contribution is 0.773. The van der Waals surface area contributed by atoms with E-state index in [1.54, 1.807) is 0 Å². The van der Waals surface area contributed by atoms with Crippen LogP contribution in [0.3, 0.4) is 0 Å². The Bertz CT molecular complexity index is 878. The second-order valence-electron chi connectivity index (χ2n) is 6.88. The van der Waals surface area contributed by atoms with E-state index in [1.165, 1.54) is 0 Å². The average molecular weight is 426 g/mol. The molecule has 4 rings (SSSR count). The van der Waals surface area contributed by atoms with Crippen molar-refractivity contribution in [1.82, 2.24) is 25.3 Å². The van der Waals surface area contributed by atoms with Crippen LogP contribution in [-0.4, -0.2) is 56.0 Å². The first-order valence-corrected chi connectivity index (χ1v) is 12.4. The maximum absolute atomic E-state index is 4.63. The van der Waals surface area contributed by atoms with E-state index >= 15 is 0 Å². The normalized spacial score (nSPS) is 11.6. The van der Waals surface area contributed by atoms with E-state index < -0.39 is 0 Å². The second kappa shape index (κ2) is 10.7. The number of H-pyrrole nitrogens is 2. The van der Waals surface area contributed by atoms with Crippen LogP contribution in [0.15, 0.2) is 48.5 Å². The Morgan fingerprint density at radius 3 is 1.62 bits per heavy atom. The molecule has 0 atom stereocenters. The van der Waals surface area contributed by atoms with E-state index in [0.29, 0.717) is 0 Å². The van der Waals surface area contributed by atoms with Crippen LogP contribution >= 0.6 is 23.5 Å². The van der Waals surface area contributed by atoms with Crippen molar-refractivity contribution in [2.24, 2.45) is 0 Å². The molecule has 152 valence electrons. The molecule has 0 bridgehead atoms. The molecule has 2 aromatic heterocycles. The summed E-state index contributed by atoms with van der Waals surface area (Å²) in [6, 6.07) is 16.4. The van der Waals surface area contributed by atoms with Gasteiger partial charge >= 0.3 is 0 Å². The Morgan fingerprint density at radius 1 is 0.655 bits per heavy atom. The number of hydrogen-bond acceptors (Lipinski definition) is 5. The molecule has 5 nitrogen and oxygen atoms in total. The Labute approximate surface area is 179 Å². The molecule has 0 saturated heterocycles. The zero-order chi connectivity index (χ0) is 19.7. The number of aromatic amines is 2. The monoisotopic (exact) mass is 425 g/mol. The van der Waals surface area contributed by atoms with Gasteiger partial charge in [0.05, 0.1) is 22.1 Å². The fourth-order valence-corrected chi connectivity index (χ4v) is 4.86. The molecule has 2 heterocycles. The van der Waals surface area contributed by atoms with E-state index in [4.69, 9.17) is 0 Å². The Morgan fingerprint density at radius 2 is 1.14 bits per heavy atom. The van der Waals surface area contributed by atoms with Gasteiger partial charge in [0.25, 0.3) is 0 Å². The summed E-state index contributed by atoms with van der Waals surface area (Å²) in [5, 5.41) is 3.54. The lowest BCUT2D eigenvalue weighted by atomic mass is 10.3. The maximum Gasteiger partial charge on any atom is 0.108 e. The predicted octanol–water partition coefficient (Wildman–Crippen LogP) is 4.28. The van der Waals surface area contributed by atoms with Crippen LogP contribution in [0.25, 0.3) is 22.1 Å².